The Morgan fingerprint density at radius 1 is 1.31 bits per heavy atom. The molecule has 2 N–H and O–H groups in total. The van der Waals surface area contributed by atoms with Crippen molar-refractivity contribution in [2.45, 2.75) is 38.8 Å². The van der Waals surface area contributed by atoms with Gasteiger partial charge in [0.2, 0.25) is 0 Å². The molecule has 1 atom stereocenters. The molecule has 6 heteroatoms. The van der Waals surface area contributed by atoms with E-state index in [0.717, 1.165) is 32.0 Å². The lowest BCUT2D eigenvalue weighted by Gasteiger charge is -2.25. The minimum Gasteiger partial charge on any atom is -0.356 e. The molecule has 0 spiro atoms. The third-order valence-electron chi connectivity index (χ3n) is 4.76. The van der Waals surface area contributed by atoms with Crippen LogP contribution in [-0.4, -0.2) is 48.6 Å². The SMILES string of the molecule is CN=C(NCCc1ncc(C)s1)NCC1CCCN1Cc1ccccc1. The summed E-state index contributed by atoms with van der Waals surface area (Å²) < 4.78 is 0. The standard InChI is InChI=1S/C20H29N5S/c1-16-13-23-19(26-16)10-11-22-20(21-2)24-14-18-9-6-12-25(18)15-17-7-4-3-5-8-17/h3-5,7-8,13,18H,6,9-12,14-15H2,1-2H3,(H2,21,22,24). The molecule has 1 aliphatic heterocycles. The van der Waals surface area contributed by atoms with Crippen molar-refractivity contribution in [1.82, 2.24) is 20.5 Å². The molecule has 2 aromatic rings. The maximum absolute atomic E-state index is 4.41. The fraction of sp³-hybridized carbons (Fsp3) is 0.500. The van der Waals surface area contributed by atoms with E-state index in [1.165, 1.54) is 34.8 Å². The summed E-state index contributed by atoms with van der Waals surface area (Å²) in [5, 5.41) is 8.08. The van der Waals surface area contributed by atoms with Crippen molar-refractivity contribution in [2.24, 2.45) is 4.99 Å². The molecule has 1 aromatic heterocycles. The first-order valence-corrected chi connectivity index (χ1v) is 10.2. The topological polar surface area (TPSA) is 52.6 Å². The van der Waals surface area contributed by atoms with Crippen LogP contribution in [-0.2, 0) is 13.0 Å². The molecule has 2 heterocycles. The zero-order chi connectivity index (χ0) is 18.2. The average Bonchev–Trinajstić information content (AvgIpc) is 3.27. The minimum atomic E-state index is 0.565. The smallest absolute Gasteiger partial charge is 0.191 e. The van der Waals surface area contributed by atoms with E-state index in [4.69, 9.17) is 0 Å². The number of hydrogen-bond acceptors (Lipinski definition) is 4. The molecule has 3 rings (SSSR count). The minimum absolute atomic E-state index is 0.565. The summed E-state index contributed by atoms with van der Waals surface area (Å²) in [7, 11) is 1.83. The van der Waals surface area contributed by atoms with Gasteiger partial charge in [-0.15, -0.1) is 11.3 Å². The van der Waals surface area contributed by atoms with E-state index in [0.29, 0.717) is 6.04 Å². The van der Waals surface area contributed by atoms with Crippen LogP contribution in [0.4, 0.5) is 0 Å². The van der Waals surface area contributed by atoms with E-state index in [9.17, 15) is 0 Å². The number of aliphatic imine (C=N–C) groups is 1. The molecule has 0 saturated carbocycles. The van der Waals surface area contributed by atoms with Gasteiger partial charge in [0.15, 0.2) is 5.96 Å². The third-order valence-corrected chi connectivity index (χ3v) is 5.73. The highest BCUT2D eigenvalue weighted by Crippen LogP contribution is 2.19. The monoisotopic (exact) mass is 371 g/mol. The van der Waals surface area contributed by atoms with Gasteiger partial charge < -0.3 is 10.6 Å². The number of nitrogens with one attached hydrogen (secondary N) is 2. The molecule has 0 aliphatic carbocycles. The lowest BCUT2D eigenvalue weighted by atomic mass is 10.2. The van der Waals surface area contributed by atoms with Crippen molar-refractivity contribution in [3.63, 3.8) is 0 Å². The summed E-state index contributed by atoms with van der Waals surface area (Å²) in [6, 6.07) is 11.3. The Labute approximate surface area is 160 Å². The number of aromatic nitrogens is 1. The van der Waals surface area contributed by atoms with Gasteiger partial charge in [-0.05, 0) is 31.9 Å². The highest BCUT2D eigenvalue weighted by atomic mass is 32.1. The van der Waals surface area contributed by atoms with Gasteiger partial charge in [0.05, 0.1) is 5.01 Å². The fourth-order valence-corrected chi connectivity index (χ4v) is 4.18. The Morgan fingerprint density at radius 3 is 2.88 bits per heavy atom. The molecule has 0 amide bonds. The number of hydrogen-bond donors (Lipinski definition) is 2. The molecular formula is C20H29N5S. The molecule has 1 unspecified atom stereocenters. The van der Waals surface area contributed by atoms with Crippen LogP contribution in [0.5, 0.6) is 0 Å². The fourth-order valence-electron chi connectivity index (χ4n) is 3.39. The van der Waals surface area contributed by atoms with Gasteiger partial charge in [-0.1, -0.05) is 30.3 Å². The summed E-state index contributed by atoms with van der Waals surface area (Å²) in [6.07, 6.45) is 5.39. The van der Waals surface area contributed by atoms with Crippen LogP contribution < -0.4 is 10.6 Å². The predicted molar refractivity (Wildman–Crippen MR) is 110 cm³/mol. The number of aryl methyl sites for hydroxylation is 1. The zero-order valence-electron chi connectivity index (χ0n) is 15.7. The third kappa shape index (κ3) is 5.54. The van der Waals surface area contributed by atoms with Gasteiger partial charge in [-0.25, -0.2) is 4.98 Å². The van der Waals surface area contributed by atoms with E-state index >= 15 is 0 Å². The number of benzene rings is 1. The first kappa shape index (κ1) is 18.9. The van der Waals surface area contributed by atoms with Crippen LogP contribution in [0.2, 0.25) is 0 Å². The van der Waals surface area contributed by atoms with Crippen molar-refractivity contribution >= 4 is 17.3 Å². The largest absolute Gasteiger partial charge is 0.356 e. The molecular weight excluding hydrogens is 342 g/mol. The van der Waals surface area contributed by atoms with Gasteiger partial charge in [0.25, 0.3) is 0 Å². The van der Waals surface area contributed by atoms with Crippen molar-refractivity contribution in [2.75, 3.05) is 26.7 Å². The van der Waals surface area contributed by atoms with Crippen molar-refractivity contribution in [3.8, 4) is 0 Å². The molecule has 0 radical (unpaired) electrons. The van der Waals surface area contributed by atoms with E-state index in [1.807, 2.05) is 13.2 Å². The molecule has 1 aromatic carbocycles. The van der Waals surface area contributed by atoms with Crippen molar-refractivity contribution in [3.05, 3.63) is 52.0 Å². The first-order valence-electron chi connectivity index (χ1n) is 9.38. The van der Waals surface area contributed by atoms with Gasteiger partial charge >= 0.3 is 0 Å². The molecule has 1 aliphatic rings. The highest BCUT2D eigenvalue weighted by molar-refractivity contribution is 7.11. The van der Waals surface area contributed by atoms with Crippen LogP contribution >= 0.6 is 11.3 Å². The summed E-state index contributed by atoms with van der Waals surface area (Å²) in [4.78, 5) is 12.6. The molecule has 26 heavy (non-hydrogen) atoms. The Morgan fingerprint density at radius 2 is 2.15 bits per heavy atom. The Kier molecular flexibility index (Phi) is 7.03. The lowest BCUT2D eigenvalue weighted by Crippen LogP contribution is -2.45. The number of thiazole rings is 1. The predicted octanol–water partition coefficient (Wildman–Crippen LogP) is 2.82. The molecule has 5 nitrogen and oxygen atoms in total. The summed E-state index contributed by atoms with van der Waals surface area (Å²) in [5.74, 6) is 0.879. The van der Waals surface area contributed by atoms with Gasteiger partial charge in [-0.3, -0.25) is 9.89 Å². The van der Waals surface area contributed by atoms with Gasteiger partial charge in [0.1, 0.15) is 0 Å². The van der Waals surface area contributed by atoms with Crippen molar-refractivity contribution in [1.29, 1.82) is 0 Å². The average molecular weight is 372 g/mol. The molecule has 1 fully saturated rings. The van der Waals surface area contributed by atoms with E-state index in [1.54, 1.807) is 11.3 Å². The summed E-state index contributed by atoms with van der Waals surface area (Å²) >= 11 is 1.76. The first-order chi connectivity index (χ1) is 12.7. The Hall–Kier alpha value is -1.92. The number of rotatable bonds is 7. The lowest BCUT2D eigenvalue weighted by molar-refractivity contribution is 0.245. The zero-order valence-corrected chi connectivity index (χ0v) is 16.6. The van der Waals surface area contributed by atoms with Gasteiger partial charge in [-0.2, -0.15) is 0 Å². The highest BCUT2D eigenvalue weighted by Gasteiger charge is 2.24. The molecule has 140 valence electrons. The Bertz CT molecular complexity index is 697. The Balaban J connectivity index is 1.42. The van der Waals surface area contributed by atoms with Crippen LogP contribution in [0.15, 0.2) is 41.5 Å². The normalized spacial score (nSPS) is 18.2. The quantitative estimate of drug-likeness (QED) is 0.580. The second-order valence-electron chi connectivity index (χ2n) is 6.75. The molecule has 0 bridgehead atoms. The summed E-state index contributed by atoms with van der Waals surface area (Å²) in [5.41, 5.74) is 1.39. The maximum atomic E-state index is 4.41. The van der Waals surface area contributed by atoms with Crippen LogP contribution in [0.3, 0.4) is 0 Å². The number of likely N-dealkylation sites (tertiary alicyclic amines) is 1. The van der Waals surface area contributed by atoms with Crippen molar-refractivity contribution < 1.29 is 0 Å². The van der Waals surface area contributed by atoms with Crippen LogP contribution in [0.1, 0.15) is 28.3 Å². The maximum Gasteiger partial charge on any atom is 0.191 e. The van der Waals surface area contributed by atoms with Crippen LogP contribution in [0.25, 0.3) is 0 Å². The van der Waals surface area contributed by atoms with Crippen LogP contribution in [0, 0.1) is 6.92 Å². The van der Waals surface area contributed by atoms with E-state index in [-0.39, 0.29) is 0 Å². The molecule has 1 saturated heterocycles. The number of nitrogens with zero attached hydrogens (tertiary/aromatic N) is 3. The summed E-state index contributed by atoms with van der Waals surface area (Å²) in [6.45, 7) is 6.09. The number of guanidine groups is 1. The van der Waals surface area contributed by atoms with E-state index < -0.39 is 0 Å². The second kappa shape index (κ2) is 9.69. The second-order valence-corrected chi connectivity index (χ2v) is 8.07. The van der Waals surface area contributed by atoms with E-state index in [2.05, 4.69) is 62.8 Å². The van der Waals surface area contributed by atoms with Gasteiger partial charge in [0, 0.05) is 50.2 Å².